The van der Waals surface area contributed by atoms with E-state index in [4.69, 9.17) is 14.2 Å². The van der Waals surface area contributed by atoms with Crippen molar-refractivity contribution < 1.29 is 23.8 Å². The first-order valence-corrected chi connectivity index (χ1v) is 8.87. The lowest BCUT2D eigenvalue weighted by molar-refractivity contribution is -0.118. The summed E-state index contributed by atoms with van der Waals surface area (Å²) in [6, 6.07) is 10.2. The predicted molar refractivity (Wildman–Crippen MR) is 107 cm³/mol. The largest absolute Gasteiger partial charge is 0.496 e. The van der Waals surface area contributed by atoms with E-state index in [9.17, 15) is 9.59 Å². The van der Waals surface area contributed by atoms with Crippen LogP contribution in [0.3, 0.4) is 0 Å². The number of anilines is 1. The van der Waals surface area contributed by atoms with Gasteiger partial charge in [0, 0.05) is 35.3 Å². The van der Waals surface area contributed by atoms with Crippen LogP contribution in [0.1, 0.15) is 29.8 Å². The molecule has 7 heteroatoms. The van der Waals surface area contributed by atoms with Crippen LogP contribution in [0.4, 0.5) is 5.69 Å². The van der Waals surface area contributed by atoms with E-state index in [0.29, 0.717) is 28.5 Å². The van der Waals surface area contributed by atoms with E-state index < -0.39 is 0 Å². The molecule has 0 fully saturated rings. The van der Waals surface area contributed by atoms with Gasteiger partial charge in [0.15, 0.2) is 11.5 Å². The third-order valence-corrected chi connectivity index (χ3v) is 4.16. The minimum atomic E-state index is -0.237. The third-order valence-electron chi connectivity index (χ3n) is 4.16. The number of ether oxygens (including phenoxy) is 3. The van der Waals surface area contributed by atoms with Crippen molar-refractivity contribution in [2.24, 2.45) is 5.92 Å². The summed E-state index contributed by atoms with van der Waals surface area (Å²) in [7, 11) is 4.65. The molecule has 150 valence electrons. The van der Waals surface area contributed by atoms with Gasteiger partial charge in [0.05, 0.1) is 21.3 Å². The molecule has 2 aromatic rings. The van der Waals surface area contributed by atoms with Crippen molar-refractivity contribution in [2.45, 2.75) is 20.4 Å². The highest BCUT2D eigenvalue weighted by molar-refractivity contribution is 5.96. The molecular formula is C21H26N2O5. The summed E-state index contributed by atoms with van der Waals surface area (Å²) in [6.07, 6.45) is 0. The van der Waals surface area contributed by atoms with Gasteiger partial charge in [-0.05, 0) is 30.3 Å². The second kappa shape index (κ2) is 9.64. The topological polar surface area (TPSA) is 85.9 Å². The quantitative estimate of drug-likeness (QED) is 0.727. The number of benzene rings is 2. The van der Waals surface area contributed by atoms with E-state index in [1.54, 1.807) is 57.7 Å². The summed E-state index contributed by atoms with van der Waals surface area (Å²) in [6.45, 7) is 3.90. The number of carbonyl (C=O) groups is 2. The van der Waals surface area contributed by atoms with Crippen LogP contribution in [-0.2, 0) is 11.3 Å². The van der Waals surface area contributed by atoms with Crippen molar-refractivity contribution in [3.05, 3.63) is 47.5 Å². The van der Waals surface area contributed by atoms with Crippen LogP contribution >= 0.6 is 0 Å². The van der Waals surface area contributed by atoms with Crippen molar-refractivity contribution in [3.8, 4) is 17.2 Å². The third kappa shape index (κ3) is 5.16. The summed E-state index contributed by atoms with van der Waals surface area (Å²) in [5.41, 5.74) is 1.90. The SMILES string of the molecule is COc1cc(OC)c(OC)cc1CNC(=O)c1ccc(NC(=O)C(C)C)cc1. The first-order valence-electron chi connectivity index (χ1n) is 8.87. The highest BCUT2D eigenvalue weighted by Gasteiger charge is 2.14. The van der Waals surface area contributed by atoms with E-state index in [-0.39, 0.29) is 24.3 Å². The molecule has 2 rings (SSSR count). The Morgan fingerprint density at radius 1 is 0.893 bits per heavy atom. The number of carbonyl (C=O) groups excluding carboxylic acids is 2. The Hall–Kier alpha value is -3.22. The number of methoxy groups -OCH3 is 3. The zero-order valence-corrected chi connectivity index (χ0v) is 16.8. The molecule has 0 aliphatic carbocycles. The maximum Gasteiger partial charge on any atom is 0.251 e. The molecule has 28 heavy (non-hydrogen) atoms. The molecule has 2 N–H and O–H groups in total. The molecule has 0 heterocycles. The van der Waals surface area contributed by atoms with E-state index in [2.05, 4.69) is 10.6 Å². The van der Waals surface area contributed by atoms with Crippen LogP contribution in [-0.4, -0.2) is 33.1 Å². The predicted octanol–water partition coefficient (Wildman–Crippen LogP) is 3.24. The van der Waals surface area contributed by atoms with Crippen molar-refractivity contribution in [3.63, 3.8) is 0 Å². The van der Waals surface area contributed by atoms with E-state index in [1.807, 2.05) is 13.8 Å². The van der Waals surface area contributed by atoms with Gasteiger partial charge < -0.3 is 24.8 Å². The molecule has 0 radical (unpaired) electrons. The average molecular weight is 386 g/mol. The standard InChI is InChI=1S/C21H26N2O5/c1-13(2)20(24)23-16-8-6-14(7-9-16)21(25)22-12-15-10-18(27-4)19(28-5)11-17(15)26-3/h6-11,13H,12H2,1-5H3,(H,22,25)(H,23,24). The molecule has 2 aromatic carbocycles. The molecule has 0 saturated heterocycles. The van der Waals surface area contributed by atoms with Crippen LogP contribution < -0.4 is 24.8 Å². The minimum absolute atomic E-state index is 0.0715. The fourth-order valence-electron chi connectivity index (χ4n) is 2.50. The zero-order chi connectivity index (χ0) is 20.7. The Bertz CT molecular complexity index is 831. The van der Waals surface area contributed by atoms with E-state index in [0.717, 1.165) is 5.56 Å². The number of amides is 2. The second-order valence-electron chi connectivity index (χ2n) is 6.42. The van der Waals surface area contributed by atoms with Gasteiger partial charge in [0.2, 0.25) is 5.91 Å². The molecule has 7 nitrogen and oxygen atoms in total. The second-order valence-corrected chi connectivity index (χ2v) is 6.42. The van der Waals surface area contributed by atoms with Crippen LogP contribution in [0, 0.1) is 5.92 Å². The first-order chi connectivity index (χ1) is 13.4. The van der Waals surface area contributed by atoms with Gasteiger partial charge in [-0.25, -0.2) is 0 Å². The van der Waals surface area contributed by atoms with Gasteiger partial charge >= 0.3 is 0 Å². The Morgan fingerprint density at radius 2 is 1.46 bits per heavy atom. The number of rotatable bonds is 8. The highest BCUT2D eigenvalue weighted by Crippen LogP contribution is 2.34. The molecule has 0 saturated carbocycles. The van der Waals surface area contributed by atoms with Crippen molar-refractivity contribution in [1.82, 2.24) is 5.32 Å². The average Bonchev–Trinajstić information content (AvgIpc) is 2.71. The Balaban J connectivity index is 2.06. The Morgan fingerprint density at radius 3 is 2.00 bits per heavy atom. The number of nitrogens with one attached hydrogen (secondary N) is 2. The van der Waals surface area contributed by atoms with Crippen molar-refractivity contribution in [1.29, 1.82) is 0 Å². The molecule has 0 aliphatic heterocycles. The lowest BCUT2D eigenvalue weighted by atomic mass is 10.1. The lowest BCUT2D eigenvalue weighted by Crippen LogP contribution is -2.23. The fourth-order valence-corrected chi connectivity index (χ4v) is 2.50. The summed E-state index contributed by atoms with van der Waals surface area (Å²) in [5, 5.41) is 5.65. The summed E-state index contributed by atoms with van der Waals surface area (Å²) < 4.78 is 15.9. The van der Waals surface area contributed by atoms with Crippen molar-refractivity contribution in [2.75, 3.05) is 26.6 Å². The Labute approximate surface area is 165 Å². The molecule has 0 bridgehead atoms. The van der Waals surface area contributed by atoms with Gasteiger partial charge in [-0.2, -0.15) is 0 Å². The van der Waals surface area contributed by atoms with Crippen LogP contribution in [0.2, 0.25) is 0 Å². The molecule has 0 aromatic heterocycles. The van der Waals surface area contributed by atoms with Crippen molar-refractivity contribution >= 4 is 17.5 Å². The lowest BCUT2D eigenvalue weighted by Gasteiger charge is -2.14. The van der Waals surface area contributed by atoms with E-state index >= 15 is 0 Å². The molecule has 0 unspecified atom stereocenters. The summed E-state index contributed by atoms with van der Waals surface area (Å²) in [4.78, 5) is 24.2. The van der Waals surface area contributed by atoms with Crippen LogP contribution in [0.25, 0.3) is 0 Å². The van der Waals surface area contributed by atoms with Gasteiger partial charge in [-0.15, -0.1) is 0 Å². The monoisotopic (exact) mass is 386 g/mol. The summed E-state index contributed by atoms with van der Waals surface area (Å²) in [5.74, 6) is 1.27. The van der Waals surface area contributed by atoms with Gasteiger partial charge in [-0.1, -0.05) is 13.8 Å². The maximum atomic E-state index is 12.4. The maximum absolute atomic E-state index is 12.4. The number of hydrogen-bond donors (Lipinski definition) is 2. The van der Waals surface area contributed by atoms with Gasteiger partial charge in [0.1, 0.15) is 5.75 Å². The smallest absolute Gasteiger partial charge is 0.251 e. The zero-order valence-electron chi connectivity index (χ0n) is 16.8. The van der Waals surface area contributed by atoms with Crippen LogP contribution in [0.15, 0.2) is 36.4 Å². The first kappa shape index (κ1) is 21.1. The molecule has 2 amide bonds. The molecule has 0 aliphatic rings. The van der Waals surface area contributed by atoms with E-state index in [1.165, 1.54) is 0 Å². The van der Waals surface area contributed by atoms with Crippen LogP contribution in [0.5, 0.6) is 17.2 Å². The molecular weight excluding hydrogens is 360 g/mol. The fraction of sp³-hybridized carbons (Fsp3) is 0.333. The normalized spacial score (nSPS) is 10.4. The van der Waals surface area contributed by atoms with Gasteiger partial charge in [-0.3, -0.25) is 9.59 Å². The highest BCUT2D eigenvalue weighted by atomic mass is 16.5. The number of hydrogen-bond acceptors (Lipinski definition) is 5. The van der Waals surface area contributed by atoms with Gasteiger partial charge in [0.25, 0.3) is 5.91 Å². The Kier molecular flexibility index (Phi) is 7.26. The molecule has 0 spiro atoms. The minimum Gasteiger partial charge on any atom is -0.496 e. The molecule has 0 atom stereocenters. The summed E-state index contributed by atoms with van der Waals surface area (Å²) >= 11 is 0.